The van der Waals surface area contributed by atoms with E-state index in [2.05, 4.69) is 21.8 Å². The summed E-state index contributed by atoms with van der Waals surface area (Å²) in [7, 11) is 0. The van der Waals surface area contributed by atoms with Crippen molar-refractivity contribution in [1.29, 1.82) is 0 Å². The van der Waals surface area contributed by atoms with Crippen LogP contribution >= 0.6 is 0 Å². The van der Waals surface area contributed by atoms with E-state index in [4.69, 9.17) is 9.84 Å². The van der Waals surface area contributed by atoms with Gasteiger partial charge in [-0.2, -0.15) is 0 Å². The van der Waals surface area contributed by atoms with Crippen LogP contribution < -0.4 is 4.74 Å². The second-order valence-electron chi connectivity index (χ2n) is 5.70. The molecule has 3 heterocycles. The molecule has 0 saturated heterocycles. The normalized spacial score (nSPS) is 14.0. The highest BCUT2D eigenvalue weighted by atomic mass is 16.5. The van der Waals surface area contributed by atoms with E-state index in [0.29, 0.717) is 17.1 Å². The Morgan fingerprint density at radius 2 is 2.17 bits per heavy atom. The van der Waals surface area contributed by atoms with Crippen molar-refractivity contribution in [2.24, 2.45) is 0 Å². The van der Waals surface area contributed by atoms with E-state index in [1.54, 1.807) is 18.2 Å². The van der Waals surface area contributed by atoms with Gasteiger partial charge in [0.15, 0.2) is 0 Å². The topological polar surface area (TPSA) is 80.5 Å². The predicted molar refractivity (Wildman–Crippen MR) is 87.3 cm³/mol. The third-order valence-electron chi connectivity index (χ3n) is 4.28. The Bertz CT molecular complexity index is 935. The van der Waals surface area contributed by atoms with Crippen molar-refractivity contribution in [2.45, 2.75) is 20.0 Å². The number of benzene rings is 1. The van der Waals surface area contributed by atoms with Crippen molar-refractivity contribution in [3.05, 3.63) is 48.0 Å². The first-order valence-electron chi connectivity index (χ1n) is 7.73. The molecule has 7 heteroatoms. The first kappa shape index (κ1) is 14.6. The standard InChI is InChI=1S/C17H16N4O3/c1-2-20-8-13-14(9-20)18-10-19-16(13)24-12-3-4-15-11(7-12)5-6-21(15)17(22)23/h3-7,10H,2,8-9H2,1H3,(H,22,23). The third kappa shape index (κ3) is 2.39. The van der Waals surface area contributed by atoms with E-state index in [1.165, 1.54) is 17.1 Å². The van der Waals surface area contributed by atoms with Crippen LogP contribution in [-0.4, -0.2) is 37.2 Å². The summed E-state index contributed by atoms with van der Waals surface area (Å²) in [6.07, 6.45) is 2.04. The average Bonchev–Trinajstić information content (AvgIpc) is 3.18. The van der Waals surface area contributed by atoms with Gasteiger partial charge in [-0.05, 0) is 30.8 Å². The van der Waals surface area contributed by atoms with Crippen LogP contribution in [0.1, 0.15) is 18.2 Å². The highest BCUT2D eigenvalue weighted by Gasteiger charge is 2.23. The first-order chi connectivity index (χ1) is 11.7. The van der Waals surface area contributed by atoms with Crippen LogP contribution in [0.5, 0.6) is 11.6 Å². The number of hydrogen-bond acceptors (Lipinski definition) is 5. The first-order valence-corrected chi connectivity index (χ1v) is 7.73. The van der Waals surface area contributed by atoms with Crippen molar-refractivity contribution in [1.82, 2.24) is 19.4 Å². The van der Waals surface area contributed by atoms with E-state index in [-0.39, 0.29) is 0 Å². The summed E-state index contributed by atoms with van der Waals surface area (Å²) < 4.78 is 7.14. The summed E-state index contributed by atoms with van der Waals surface area (Å²) in [6, 6.07) is 7.05. The zero-order chi connectivity index (χ0) is 16.7. The molecule has 122 valence electrons. The molecule has 0 atom stereocenters. The maximum absolute atomic E-state index is 11.1. The molecule has 1 aliphatic rings. The molecule has 0 aliphatic carbocycles. The molecule has 4 rings (SSSR count). The highest BCUT2D eigenvalue weighted by molar-refractivity contribution is 5.89. The molecule has 0 bridgehead atoms. The van der Waals surface area contributed by atoms with Crippen LogP contribution in [0.3, 0.4) is 0 Å². The fraction of sp³-hybridized carbons (Fsp3) is 0.235. The average molecular weight is 324 g/mol. The van der Waals surface area contributed by atoms with E-state index < -0.39 is 6.09 Å². The summed E-state index contributed by atoms with van der Waals surface area (Å²) in [5, 5.41) is 9.94. The summed E-state index contributed by atoms with van der Waals surface area (Å²) >= 11 is 0. The Labute approximate surface area is 138 Å². The molecule has 0 amide bonds. The molecule has 24 heavy (non-hydrogen) atoms. The lowest BCUT2D eigenvalue weighted by atomic mass is 10.2. The van der Waals surface area contributed by atoms with E-state index >= 15 is 0 Å². The Morgan fingerprint density at radius 1 is 1.29 bits per heavy atom. The number of aromatic nitrogens is 3. The molecule has 2 aromatic heterocycles. The quantitative estimate of drug-likeness (QED) is 0.797. The van der Waals surface area contributed by atoms with Gasteiger partial charge in [0.05, 0.1) is 16.8 Å². The van der Waals surface area contributed by atoms with Gasteiger partial charge in [-0.25, -0.2) is 14.8 Å². The summed E-state index contributed by atoms with van der Waals surface area (Å²) in [5.41, 5.74) is 2.64. The van der Waals surface area contributed by atoms with Crippen LogP contribution in [-0.2, 0) is 13.1 Å². The Hall–Kier alpha value is -2.93. The van der Waals surface area contributed by atoms with Gasteiger partial charge in [0.25, 0.3) is 0 Å². The number of carbonyl (C=O) groups is 1. The summed E-state index contributed by atoms with van der Waals surface area (Å²) in [4.78, 5) is 22.0. The summed E-state index contributed by atoms with van der Waals surface area (Å²) in [5.74, 6) is 1.19. The van der Waals surface area contributed by atoms with Crippen molar-refractivity contribution >= 4 is 17.0 Å². The van der Waals surface area contributed by atoms with Crippen molar-refractivity contribution in [3.63, 3.8) is 0 Å². The molecule has 3 aromatic rings. The lowest BCUT2D eigenvalue weighted by Crippen LogP contribution is -2.14. The zero-order valence-corrected chi connectivity index (χ0v) is 13.1. The van der Waals surface area contributed by atoms with Gasteiger partial charge < -0.3 is 9.84 Å². The van der Waals surface area contributed by atoms with E-state index in [9.17, 15) is 4.79 Å². The minimum Gasteiger partial charge on any atom is -0.464 e. The van der Waals surface area contributed by atoms with Crippen LogP contribution in [0.4, 0.5) is 4.79 Å². The number of rotatable bonds is 3. The number of carboxylic acid groups (broad SMARTS) is 1. The van der Waals surface area contributed by atoms with Gasteiger partial charge in [-0.1, -0.05) is 6.92 Å². The second-order valence-corrected chi connectivity index (χ2v) is 5.70. The fourth-order valence-electron chi connectivity index (χ4n) is 2.99. The number of nitrogens with zero attached hydrogens (tertiary/aromatic N) is 4. The molecule has 7 nitrogen and oxygen atoms in total. The molecular formula is C17H16N4O3. The van der Waals surface area contributed by atoms with Crippen molar-refractivity contribution < 1.29 is 14.6 Å². The number of ether oxygens (including phenoxy) is 1. The van der Waals surface area contributed by atoms with Crippen LogP contribution in [0.2, 0.25) is 0 Å². The van der Waals surface area contributed by atoms with E-state index in [1.807, 2.05) is 6.07 Å². The number of fused-ring (bicyclic) bond motifs is 2. The van der Waals surface area contributed by atoms with E-state index in [0.717, 1.165) is 36.3 Å². The molecule has 0 spiro atoms. The molecule has 1 N–H and O–H groups in total. The lowest BCUT2D eigenvalue weighted by molar-refractivity contribution is 0.197. The van der Waals surface area contributed by atoms with Gasteiger partial charge in [0, 0.05) is 24.7 Å². The molecule has 0 unspecified atom stereocenters. The minimum atomic E-state index is -1.01. The molecule has 1 aromatic carbocycles. The Balaban J connectivity index is 1.66. The second kappa shape index (κ2) is 5.61. The monoisotopic (exact) mass is 324 g/mol. The third-order valence-corrected chi connectivity index (χ3v) is 4.28. The molecule has 1 aliphatic heterocycles. The van der Waals surface area contributed by atoms with Crippen molar-refractivity contribution in [3.8, 4) is 11.6 Å². The van der Waals surface area contributed by atoms with Gasteiger partial charge in [0.2, 0.25) is 5.88 Å². The SMILES string of the molecule is CCN1Cc2ncnc(Oc3ccc4c(ccn4C(=O)O)c3)c2C1. The van der Waals surface area contributed by atoms with Gasteiger partial charge >= 0.3 is 6.09 Å². The smallest absolute Gasteiger partial charge is 0.415 e. The highest BCUT2D eigenvalue weighted by Crippen LogP contribution is 2.31. The molecule has 0 radical (unpaired) electrons. The Kier molecular flexibility index (Phi) is 3.42. The molecule has 0 fully saturated rings. The predicted octanol–water partition coefficient (Wildman–Crippen LogP) is 3.09. The number of hydrogen-bond donors (Lipinski definition) is 1. The largest absolute Gasteiger partial charge is 0.464 e. The molecular weight excluding hydrogens is 308 g/mol. The molecule has 0 saturated carbocycles. The van der Waals surface area contributed by atoms with Crippen LogP contribution in [0.15, 0.2) is 36.8 Å². The van der Waals surface area contributed by atoms with Gasteiger partial charge in [-0.15, -0.1) is 0 Å². The van der Waals surface area contributed by atoms with Gasteiger partial charge in [-0.3, -0.25) is 9.47 Å². The van der Waals surface area contributed by atoms with Crippen LogP contribution in [0, 0.1) is 0 Å². The van der Waals surface area contributed by atoms with Crippen molar-refractivity contribution in [2.75, 3.05) is 6.54 Å². The Morgan fingerprint density at radius 3 is 2.96 bits per heavy atom. The lowest BCUT2D eigenvalue weighted by Gasteiger charge is -2.10. The minimum absolute atomic E-state index is 0.563. The summed E-state index contributed by atoms with van der Waals surface area (Å²) in [6.45, 7) is 4.65. The van der Waals surface area contributed by atoms with Crippen LogP contribution in [0.25, 0.3) is 10.9 Å². The zero-order valence-electron chi connectivity index (χ0n) is 13.1. The fourth-order valence-corrected chi connectivity index (χ4v) is 2.99. The maximum Gasteiger partial charge on any atom is 0.415 e. The van der Waals surface area contributed by atoms with Gasteiger partial charge in [0.1, 0.15) is 12.1 Å². The maximum atomic E-state index is 11.1.